The van der Waals surface area contributed by atoms with Crippen molar-refractivity contribution in [3.05, 3.63) is 18.2 Å². The first-order valence-corrected chi connectivity index (χ1v) is 7.52. The van der Waals surface area contributed by atoms with Gasteiger partial charge in [0.05, 0.1) is 12.8 Å². The number of nitrogens with zero attached hydrogens (tertiary/aromatic N) is 1. The molecule has 6 heteroatoms. The number of methoxy groups -OCH3 is 1. The number of hydrogen-bond donors (Lipinski definition) is 2. The number of ether oxygens (including phenoxy) is 1. The Balaban J connectivity index is 2.41. The van der Waals surface area contributed by atoms with Crippen molar-refractivity contribution in [2.45, 2.75) is 33.1 Å². The molecule has 122 valence electrons. The lowest BCUT2D eigenvalue weighted by atomic mass is 10.2. The fraction of sp³-hybridized carbons (Fsp3) is 0.500. The summed E-state index contributed by atoms with van der Waals surface area (Å²) in [4.78, 5) is 25.5. The van der Waals surface area contributed by atoms with E-state index < -0.39 is 0 Å². The molecular formula is C16H25N3O3. The Morgan fingerprint density at radius 1 is 1.23 bits per heavy atom. The molecular weight excluding hydrogens is 282 g/mol. The third-order valence-electron chi connectivity index (χ3n) is 3.42. The highest BCUT2D eigenvalue weighted by molar-refractivity contribution is 5.91. The monoisotopic (exact) mass is 307 g/mol. The van der Waals surface area contributed by atoms with Crippen LogP contribution in [0.15, 0.2) is 18.2 Å². The van der Waals surface area contributed by atoms with Crippen molar-refractivity contribution in [3.63, 3.8) is 0 Å². The molecule has 6 nitrogen and oxygen atoms in total. The second-order valence-corrected chi connectivity index (χ2v) is 4.92. The van der Waals surface area contributed by atoms with Crippen LogP contribution in [-0.2, 0) is 9.59 Å². The van der Waals surface area contributed by atoms with Gasteiger partial charge in [-0.05, 0) is 38.5 Å². The Kier molecular flexibility index (Phi) is 7.22. The maximum absolute atomic E-state index is 11.9. The van der Waals surface area contributed by atoms with E-state index in [0.29, 0.717) is 49.5 Å². The third-order valence-corrected chi connectivity index (χ3v) is 3.42. The van der Waals surface area contributed by atoms with E-state index in [2.05, 4.69) is 5.32 Å². The number of anilines is 2. The number of amides is 2. The van der Waals surface area contributed by atoms with Gasteiger partial charge < -0.3 is 20.7 Å². The fourth-order valence-electron chi connectivity index (χ4n) is 2.17. The molecule has 0 unspecified atom stereocenters. The zero-order valence-corrected chi connectivity index (χ0v) is 13.5. The molecule has 0 bridgehead atoms. The van der Waals surface area contributed by atoms with Gasteiger partial charge >= 0.3 is 0 Å². The van der Waals surface area contributed by atoms with Gasteiger partial charge in [-0.3, -0.25) is 9.59 Å². The van der Waals surface area contributed by atoms with Crippen LogP contribution in [0.4, 0.5) is 11.4 Å². The number of nitrogen functional groups attached to an aromatic ring is 1. The first kappa shape index (κ1) is 17.8. The molecule has 1 rings (SSSR count). The van der Waals surface area contributed by atoms with Crippen LogP contribution in [0.3, 0.4) is 0 Å². The van der Waals surface area contributed by atoms with Crippen LogP contribution in [0.1, 0.15) is 33.1 Å². The lowest BCUT2D eigenvalue weighted by Crippen LogP contribution is -2.30. The maximum atomic E-state index is 11.9. The first-order valence-electron chi connectivity index (χ1n) is 7.52. The minimum atomic E-state index is -0.128. The lowest BCUT2D eigenvalue weighted by molar-refractivity contribution is -0.130. The van der Waals surface area contributed by atoms with E-state index in [0.717, 1.165) is 0 Å². The Morgan fingerprint density at radius 2 is 1.91 bits per heavy atom. The minimum absolute atomic E-state index is 0.0893. The van der Waals surface area contributed by atoms with Gasteiger partial charge in [0.1, 0.15) is 5.75 Å². The Labute approximate surface area is 131 Å². The van der Waals surface area contributed by atoms with Crippen LogP contribution in [0, 0.1) is 0 Å². The van der Waals surface area contributed by atoms with Gasteiger partial charge in [0.2, 0.25) is 11.8 Å². The normalized spacial score (nSPS) is 10.1. The van der Waals surface area contributed by atoms with E-state index in [4.69, 9.17) is 10.5 Å². The Morgan fingerprint density at radius 3 is 2.45 bits per heavy atom. The van der Waals surface area contributed by atoms with Crippen molar-refractivity contribution >= 4 is 23.2 Å². The molecule has 0 atom stereocenters. The second kappa shape index (κ2) is 8.92. The van der Waals surface area contributed by atoms with Crippen molar-refractivity contribution < 1.29 is 14.3 Å². The molecule has 1 aromatic carbocycles. The lowest BCUT2D eigenvalue weighted by Gasteiger charge is -2.18. The average Bonchev–Trinajstić information content (AvgIpc) is 2.48. The predicted molar refractivity (Wildman–Crippen MR) is 87.8 cm³/mol. The van der Waals surface area contributed by atoms with Crippen LogP contribution in [0.5, 0.6) is 5.75 Å². The van der Waals surface area contributed by atoms with Gasteiger partial charge in [-0.2, -0.15) is 0 Å². The SMILES string of the molecule is CCN(CC)C(=O)CCCC(=O)Nc1ccc(OC)c(N)c1. The number of benzene rings is 1. The average molecular weight is 307 g/mol. The van der Waals surface area contributed by atoms with Crippen molar-refractivity contribution in [2.24, 2.45) is 0 Å². The Bertz CT molecular complexity index is 513. The molecule has 0 spiro atoms. The zero-order chi connectivity index (χ0) is 16.5. The van der Waals surface area contributed by atoms with Crippen LogP contribution < -0.4 is 15.8 Å². The molecule has 0 heterocycles. The summed E-state index contributed by atoms with van der Waals surface area (Å²) in [5.41, 5.74) is 6.88. The van der Waals surface area contributed by atoms with Gasteiger partial charge in [0.25, 0.3) is 0 Å². The summed E-state index contributed by atoms with van der Waals surface area (Å²) in [6.07, 6.45) is 1.23. The molecule has 0 aliphatic rings. The molecule has 22 heavy (non-hydrogen) atoms. The quantitative estimate of drug-likeness (QED) is 0.721. The van der Waals surface area contributed by atoms with E-state index in [1.165, 1.54) is 7.11 Å². The zero-order valence-electron chi connectivity index (χ0n) is 13.5. The van der Waals surface area contributed by atoms with Gasteiger partial charge in [-0.15, -0.1) is 0 Å². The fourth-order valence-corrected chi connectivity index (χ4v) is 2.17. The molecule has 1 aromatic rings. The second-order valence-electron chi connectivity index (χ2n) is 4.92. The Hall–Kier alpha value is -2.24. The summed E-state index contributed by atoms with van der Waals surface area (Å²) < 4.78 is 5.06. The molecule has 0 saturated heterocycles. The van der Waals surface area contributed by atoms with Gasteiger partial charge in [0, 0.05) is 31.6 Å². The highest BCUT2D eigenvalue weighted by Gasteiger charge is 2.11. The molecule has 0 aliphatic heterocycles. The van der Waals surface area contributed by atoms with Crippen LogP contribution in [0.25, 0.3) is 0 Å². The minimum Gasteiger partial charge on any atom is -0.495 e. The molecule has 0 radical (unpaired) electrons. The van der Waals surface area contributed by atoms with Crippen LogP contribution in [0.2, 0.25) is 0 Å². The van der Waals surface area contributed by atoms with Crippen LogP contribution >= 0.6 is 0 Å². The number of carbonyl (C=O) groups is 2. The smallest absolute Gasteiger partial charge is 0.224 e. The maximum Gasteiger partial charge on any atom is 0.224 e. The van der Waals surface area contributed by atoms with Crippen LogP contribution in [-0.4, -0.2) is 36.9 Å². The van der Waals surface area contributed by atoms with Gasteiger partial charge in [0.15, 0.2) is 0 Å². The summed E-state index contributed by atoms with van der Waals surface area (Å²) in [5, 5.41) is 2.77. The number of hydrogen-bond acceptors (Lipinski definition) is 4. The first-order chi connectivity index (χ1) is 10.5. The molecule has 0 aromatic heterocycles. The number of carbonyl (C=O) groups excluding carboxylic acids is 2. The molecule has 2 amide bonds. The highest BCUT2D eigenvalue weighted by atomic mass is 16.5. The summed E-state index contributed by atoms with van der Waals surface area (Å²) in [7, 11) is 1.54. The standard InChI is InChI=1S/C16H25N3O3/c1-4-19(5-2)16(21)8-6-7-15(20)18-12-9-10-14(22-3)13(17)11-12/h9-11H,4-8,17H2,1-3H3,(H,18,20). The molecule has 0 fully saturated rings. The number of nitrogens with two attached hydrogens (primary N) is 1. The third kappa shape index (κ3) is 5.27. The van der Waals surface area contributed by atoms with Crippen molar-refractivity contribution in [1.29, 1.82) is 0 Å². The van der Waals surface area contributed by atoms with Crippen molar-refractivity contribution in [1.82, 2.24) is 4.90 Å². The summed E-state index contributed by atoms with van der Waals surface area (Å²) in [5.74, 6) is 0.534. The largest absolute Gasteiger partial charge is 0.495 e. The summed E-state index contributed by atoms with van der Waals surface area (Å²) in [6.45, 7) is 5.30. The highest BCUT2D eigenvalue weighted by Crippen LogP contribution is 2.24. The summed E-state index contributed by atoms with van der Waals surface area (Å²) >= 11 is 0. The van der Waals surface area contributed by atoms with E-state index in [1.807, 2.05) is 13.8 Å². The molecule has 0 saturated carbocycles. The topological polar surface area (TPSA) is 84.7 Å². The van der Waals surface area contributed by atoms with E-state index >= 15 is 0 Å². The van der Waals surface area contributed by atoms with Crippen molar-refractivity contribution in [2.75, 3.05) is 31.2 Å². The van der Waals surface area contributed by atoms with Crippen molar-refractivity contribution in [3.8, 4) is 5.75 Å². The number of nitrogens with one attached hydrogen (secondary N) is 1. The van der Waals surface area contributed by atoms with Gasteiger partial charge in [-0.1, -0.05) is 0 Å². The van der Waals surface area contributed by atoms with Gasteiger partial charge in [-0.25, -0.2) is 0 Å². The number of rotatable bonds is 8. The summed E-state index contributed by atoms with van der Waals surface area (Å²) in [6, 6.07) is 5.08. The molecule has 3 N–H and O–H groups in total. The van der Waals surface area contributed by atoms with E-state index in [1.54, 1.807) is 23.1 Å². The molecule has 0 aliphatic carbocycles. The van der Waals surface area contributed by atoms with E-state index in [9.17, 15) is 9.59 Å². The predicted octanol–water partition coefficient (Wildman–Crippen LogP) is 2.25. The van der Waals surface area contributed by atoms with E-state index in [-0.39, 0.29) is 11.8 Å².